The van der Waals surface area contributed by atoms with E-state index in [2.05, 4.69) is 10.6 Å². The zero-order valence-electron chi connectivity index (χ0n) is 14.9. The molecule has 3 aromatic rings. The maximum absolute atomic E-state index is 12.5. The molecular formula is C22H18ClN3O2. The number of phenols is 1. The first kappa shape index (κ1) is 19.3. The molecule has 6 heteroatoms. The third-order valence-corrected chi connectivity index (χ3v) is 4.62. The van der Waals surface area contributed by atoms with Crippen molar-refractivity contribution in [1.82, 2.24) is 5.32 Å². The van der Waals surface area contributed by atoms with Gasteiger partial charge in [0.15, 0.2) is 0 Å². The van der Waals surface area contributed by atoms with Gasteiger partial charge < -0.3 is 15.7 Å². The highest BCUT2D eigenvalue weighted by molar-refractivity contribution is 6.31. The standard InChI is InChI=1S/C22H18ClN3O2/c23-19-8-2-1-5-15(19)11-12-25-14-16(13-24)22(28)26-20-9-3-7-18-17(20)6-4-10-21(18)27/h1-10,14,25,27H,11-12H2,(H,26,28)/b16-14-. The monoisotopic (exact) mass is 391 g/mol. The Morgan fingerprint density at radius 1 is 1.07 bits per heavy atom. The first-order valence-electron chi connectivity index (χ1n) is 8.69. The fourth-order valence-electron chi connectivity index (χ4n) is 2.82. The van der Waals surface area contributed by atoms with Gasteiger partial charge in [-0.2, -0.15) is 5.26 Å². The maximum Gasteiger partial charge on any atom is 0.267 e. The van der Waals surface area contributed by atoms with E-state index < -0.39 is 5.91 Å². The minimum atomic E-state index is -0.524. The molecular weight excluding hydrogens is 374 g/mol. The number of aromatic hydroxyl groups is 1. The van der Waals surface area contributed by atoms with Crippen LogP contribution in [0.4, 0.5) is 5.69 Å². The minimum Gasteiger partial charge on any atom is -0.507 e. The molecule has 3 N–H and O–H groups in total. The number of anilines is 1. The molecule has 0 radical (unpaired) electrons. The average molecular weight is 392 g/mol. The molecule has 3 rings (SSSR count). The van der Waals surface area contributed by atoms with E-state index in [1.165, 1.54) is 6.20 Å². The van der Waals surface area contributed by atoms with Gasteiger partial charge >= 0.3 is 0 Å². The number of hydrogen-bond acceptors (Lipinski definition) is 4. The van der Waals surface area contributed by atoms with Crippen LogP contribution in [0, 0.1) is 11.3 Å². The van der Waals surface area contributed by atoms with Crippen LogP contribution >= 0.6 is 11.6 Å². The Morgan fingerprint density at radius 3 is 2.61 bits per heavy atom. The number of nitrogens with one attached hydrogen (secondary N) is 2. The molecule has 0 saturated heterocycles. The van der Waals surface area contributed by atoms with Crippen molar-refractivity contribution < 1.29 is 9.90 Å². The first-order chi connectivity index (χ1) is 13.6. The number of halogens is 1. The topological polar surface area (TPSA) is 85.2 Å². The van der Waals surface area contributed by atoms with E-state index >= 15 is 0 Å². The summed E-state index contributed by atoms with van der Waals surface area (Å²) in [4.78, 5) is 12.5. The van der Waals surface area contributed by atoms with Crippen molar-refractivity contribution >= 4 is 34.0 Å². The predicted molar refractivity (Wildman–Crippen MR) is 111 cm³/mol. The Balaban J connectivity index is 1.67. The van der Waals surface area contributed by atoms with Crippen LogP contribution in [0.15, 0.2) is 72.4 Å². The second kappa shape index (κ2) is 8.94. The molecule has 0 spiro atoms. The molecule has 0 unspecified atom stereocenters. The number of carbonyl (C=O) groups excluding carboxylic acids is 1. The molecule has 0 aliphatic rings. The summed E-state index contributed by atoms with van der Waals surface area (Å²) in [6, 6.07) is 19.7. The van der Waals surface area contributed by atoms with Gasteiger partial charge in [-0.1, -0.05) is 54.1 Å². The van der Waals surface area contributed by atoms with Gasteiger partial charge in [-0.3, -0.25) is 4.79 Å². The van der Waals surface area contributed by atoms with Gasteiger partial charge in [-0.15, -0.1) is 0 Å². The lowest BCUT2D eigenvalue weighted by Crippen LogP contribution is -2.18. The van der Waals surface area contributed by atoms with Gasteiger partial charge in [-0.05, 0) is 30.2 Å². The van der Waals surface area contributed by atoms with Crippen molar-refractivity contribution in [3.63, 3.8) is 0 Å². The van der Waals surface area contributed by atoms with Crippen molar-refractivity contribution in [1.29, 1.82) is 5.26 Å². The summed E-state index contributed by atoms with van der Waals surface area (Å²) in [5.74, 6) is -0.394. The van der Waals surface area contributed by atoms with E-state index in [4.69, 9.17) is 11.6 Å². The van der Waals surface area contributed by atoms with Gasteiger partial charge in [0.1, 0.15) is 17.4 Å². The molecule has 0 aliphatic heterocycles. The zero-order chi connectivity index (χ0) is 19.9. The van der Waals surface area contributed by atoms with Crippen molar-refractivity contribution in [2.45, 2.75) is 6.42 Å². The normalized spacial score (nSPS) is 11.1. The van der Waals surface area contributed by atoms with Crippen LogP contribution in [0.1, 0.15) is 5.56 Å². The molecule has 0 fully saturated rings. The quantitative estimate of drug-likeness (QED) is 0.331. The average Bonchev–Trinajstić information content (AvgIpc) is 2.70. The Kier molecular flexibility index (Phi) is 6.15. The van der Waals surface area contributed by atoms with E-state index in [9.17, 15) is 15.2 Å². The summed E-state index contributed by atoms with van der Waals surface area (Å²) >= 11 is 6.12. The van der Waals surface area contributed by atoms with Crippen LogP contribution in [0.25, 0.3) is 10.8 Å². The van der Waals surface area contributed by atoms with E-state index in [0.717, 1.165) is 5.56 Å². The number of nitriles is 1. The van der Waals surface area contributed by atoms with Gasteiger partial charge in [0, 0.05) is 34.2 Å². The first-order valence-corrected chi connectivity index (χ1v) is 9.07. The molecule has 0 aromatic heterocycles. The van der Waals surface area contributed by atoms with Gasteiger partial charge in [0.05, 0.1) is 0 Å². The highest BCUT2D eigenvalue weighted by Gasteiger charge is 2.12. The Hall–Kier alpha value is -3.49. The highest BCUT2D eigenvalue weighted by Crippen LogP contribution is 2.29. The smallest absolute Gasteiger partial charge is 0.267 e. The SMILES string of the molecule is N#C/C(=C/NCCc1ccccc1Cl)C(=O)Nc1cccc2c(O)cccc12. The molecule has 5 nitrogen and oxygen atoms in total. The second-order valence-corrected chi connectivity index (χ2v) is 6.50. The summed E-state index contributed by atoms with van der Waals surface area (Å²) in [6.07, 6.45) is 2.06. The number of phenolic OH excluding ortho intramolecular Hbond substituents is 1. The number of benzene rings is 3. The molecule has 0 atom stereocenters. The molecule has 1 amide bonds. The third-order valence-electron chi connectivity index (χ3n) is 4.26. The van der Waals surface area contributed by atoms with Crippen molar-refractivity contribution in [2.75, 3.05) is 11.9 Å². The molecule has 0 bridgehead atoms. The lowest BCUT2D eigenvalue weighted by atomic mass is 10.1. The number of rotatable bonds is 6. The van der Waals surface area contributed by atoms with Crippen LogP contribution in [0.2, 0.25) is 5.02 Å². The minimum absolute atomic E-state index is 0.0451. The van der Waals surface area contributed by atoms with Crippen LogP contribution < -0.4 is 10.6 Å². The Labute approximate surface area is 167 Å². The predicted octanol–water partition coefficient (Wildman–Crippen LogP) is 4.38. The van der Waals surface area contributed by atoms with Crippen molar-refractivity contribution in [3.05, 3.63) is 83.0 Å². The number of nitrogens with zero attached hydrogens (tertiary/aromatic N) is 1. The van der Waals surface area contributed by atoms with Gasteiger partial charge in [-0.25, -0.2) is 0 Å². The summed E-state index contributed by atoms with van der Waals surface area (Å²) < 4.78 is 0. The van der Waals surface area contributed by atoms with Crippen LogP contribution in [0.5, 0.6) is 5.75 Å². The second-order valence-electron chi connectivity index (χ2n) is 6.10. The lowest BCUT2D eigenvalue weighted by Gasteiger charge is -2.09. The van der Waals surface area contributed by atoms with Crippen LogP contribution in [-0.4, -0.2) is 17.6 Å². The summed E-state index contributed by atoms with van der Waals surface area (Å²) in [5.41, 5.74) is 1.47. The summed E-state index contributed by atoms with van der Waals surface area (Å²) in [5, 5.41) is 27.0. The number of hydrogen-bond donors (Lipinski definition) is 3. The van der Waals surface area contributed by atoms with E-state index in [1.54, 1.807) is 36.4 Å². The van der Waals surface area contributed by atoms with Gasteiger partial charge in [0.25, 0.3) is 5.91 Å². The highest BCUT2D eigenvalue weighted by atomic mass is 35.5. The van der Waals surface area contributed by atoms with Crippen molar-refractivity contribution in [2.24, 2.45) is 0 Å². The number of fused-ring (bicyclic) bond motifs is 1. The molecule has 0 aliphatic carbocycles. The molecule has 140 valence electrons. The third kappa shape index (κ3) is 4.43. The Bertz CT molecular complexity index is 1090. The van der Waals surface area contributed by atoms with Crippen LogP contribution in [-0.2, 0) is 11.2 Å². The van der Waals surface area contributed by atoms with E-state index in [1.807, 2.05) is 30.3 Å². The number of amides is 1. The summed E-state index contributed by atoms with van der Waals surface area (Å²) in [7, 11) is 0. The zero-order valence-corrected chi connectivity index (χ0v) is 15.7. The van der Waals surface area contributed by atoms with E-state index in [0.29, 0.717) is 34.4 Å². The largest absolute Gasteiger partial charge is 0.507 e. The van der Waals surface area contributed by atoms with Gasteiger partial charge in [0.2, 0.25) is 0 Å². The van der Waals surface area contributed by atoms with Crippen molar-refractivity contribution in [3.8, 4) is 11.8 Å². The maximum atomic E-state index is 12.5. The molecule has 3 aromatic carbocycles. The number of carbonyl (C=O) groups is 1. The summed E-state index contributed by atoms with van der Waals surface area (Å²) in [6.45, 7) is 0.532. The molecule has 0 heterocycles. The fraction of sp³-hybridized carbons (Fsp3) is 0.0909. The Morgan fingerprint density at radius 2 is 1.82 bits per heavy atom. The molecule has 0 saturated carbocycles. The lowest BCUT2D eigenvalue weighted by molar-refractivity contribution is -0.112. The van der Waals surface area contributed by atoms with E-state index in [-0.39, 0.29) is 11.3 Å². The molecule has 28 heavy (non-hydrogen) atoms. The van der Waals surface area contributed by atoms with Crippen LogP contribution in [0.3, 0.4) is 0 Å². The fourth-order valence-corrected chi connectivity index (χ4v) is 3.05.